The molecular formula is C24H44Cl2SiZr-4. The maximum absolute atomic E-state index is 3.41. The molecule has 0 amide bonds. The molecule has 0 bridgehead atoms. The fraction of sp³-hybridized carbons (Fsp3) is 0.583. The van der Waals surface area contributed by atoms with E-state index in [1.54, 1.807) is 23.3 Å². The number of allylic oxidation sites excluding steroid dienone is 8. The monoisotopic (exact) mass is 520 g/mol. The molecule has 2 aliphatic rings. The summed E-state index contributed by atoms with van der Waals surface area (Å²) in [6.45, 7) is 19.8. The van der Waals surface area contributed by atoms with Crippen LogP contribution in [0, 0.1) is 50.7 Å². The van der Waals surface area contributed by atoms with Crippen LogP contribution in [-0.2, 0) is 23.3 Å². The van der Waals surface area contributed by atoms with E-state index in [2.05, 4.69) is 79.7 Å². The Morgan fingerprint density at radius 3 is 1.00 bits per heavy atom. The third-order valence-corrected chi connectivity index (χ3v) is 4.40. The maximum atomic E-state index is 3.41. The Labute approximate surface area is 207 Å². The van der Waals surface area contributed by atoms with Gasteiger partial charge in [-0.15, -0.1) is 37.7 Å². The molecule has 0 aliphatic heterocycles. The van der Waals surface area contributed by atoms with Crippen LogP contribution in [0.5, 0.6) is 0 Å². The zero-order valence-corrected chi connectivity index (χ0v) is 25.4. The molecule has 0 aromatic carbocycles. The zero-order valence-electron chi connectivity index (χ0n) is 19.9. The van der Waals surface area contributed by atoms with E-state index in [9.17, 15) is 0 Å². The van der Waals surface area contributed by atoms with E-state index in [0.717, 1.165) is 12.8 Å². The van der Waals surface area contributed by atoms with Gasteiger partial charge in [0.25, 0.3) is 0 Å². The Hall–Kier alpha value is 0.640. The Kier molecular flexibility index (Phi) is 29.2. The summed E-state index contributed by atoms with van der Waals surface area (Å²) in [5.74, 6) is 2.68. The van der Waals surface area contributed by atoms with Crippen LogP contribution in [0.2, 0.25) is 0 Å². The molecule has 0 radical (unpaired) electrons. The SMILES string of the molecule is CC(C)C1=[C-]CC(C(C)C)=C1.CC(C)C1=[C-]CC(C(C)C)=C1.Cl.Cl.[CH3-].[CH3-].[SiH2]=[Zr]. The molecule has 0 saturated heterocycles. The van der Waals surface area contributed by atoms with E-state index >= 15 is 0 Å². The van der Waals surface area contributed by atoms with E-state index in [1.807, 2.05) is 6.88 Å². The quantitative estimate of drug-likeness (QED) is 0.264. The van der Waals surface area contributed by atoms with Gasteiger partial charge in [-0.2, -0.15) is 11.1 Å². The summed E-state index contributed by atoms with van der Waals surface area (Å²) in [7, 11) is 0. The van der Waals surface area contributed by atoms with Crippen molar-refractivity contribution in [2.75, 3.05) is 0 Å². The fourth-order valence-corrected chi connectivity index (χ4v) is 2.50. The van der Waals surface area contributed by atoms with Gasteiger partial charge in [0.1, 0.15) is 0 Å². The van der Waals surface area contributed by atoms with Crippen LogP contribution in [0.3, 0.4) is 0 Å². The second-order valence-corrected chi connectivity index (χ2v) is 7.68. The average molecular weight is 523 g/mol. The molecule has 0 aromatic heterocycles. The van der Waals surface area contributed by atoms with Crippen molar-refractivity contribution in [1.82, 2.24) is 0 Å². The number of rotatable bonds is 4. The summed E-state index contributed by atoms with van der Waals surface area (Å²) in [6.07, 6.45) is 13.6. The van der Waals surface area contributed by atoms with Crippen molar-refractivity contribution in [3.05, 3.63) is 61.4 Å². The van der Waals surface area contributed by atoms with Crippen molar-refractivity contribution in [1.29, 1.82) is 0 Å². The molecule has 0 unspecified atom stereocenters. The van der Waals surface area contributed by atoms with Crippen molar-refractivity contribution >= 4 is 31.7 Å². The van der Waals surface area contributed by atoms with Gasteiger partial charge in [-0.3, -0.25) is 12.2 Å². The molecule has 2 aliphatic carbocycles. The van der Waals surface area contributed by atoms with Crippen molar-refractivity contribution in [2.45, 2.75) is 68.2 Å². The number of hydrogen-bond donors (Lipinski definition) is 0. The molecular weight excluding hydrogens is 478 g/mol. The molecule has 0 atom stereocenters. The van der Waals surface area contributed by atoms with Crippen LogP contribution in [0.4, 0.5) is 0 Å². The molecule has 0 nitrogen and oxygen atoms in total. The molecule has 0 saturated carbocycles. The Balaban J connectivity index is -0.000000102. The summed E-state index contributed by atoms with van der Waals surface area (Å²) >= 11 is 1.58. The standard InChI is InChI=1S/2C11H17.2CH3.2ClH.H2Si.Zr/c2*1-8(2)10-5-6-11(7-10)9(3)4;;;;;;/h2*7-9H,5H2,1-4H3;2*1H3;2*1H;1H2;/q4*-1;;;;. The first kappa shape index (κ1) is 39.2. The van der Waals surface area contributed by atoms with Crippen LogP contribution in [0.1, 0.15) is 68.2 Å². The van der Waals surface area contributed by atoms with E-state index in [4.69, 9.17) is 0 Å². The van der Waals surface area contributed by atoms with Gasteiger partial charge in [-0.25, -0.2) is 23.3 Å². The van der Waals surface area contributed by atoms with Crippen LogP contribution >= 0.6 is 24.8 Å². The first-order chi connectivity index (χ1) is 11.2. The van der Waals surface area contributed by atoms with Crippen molar-refractivity contribution in [3.8, 4) is 0 Å². The summed E-state index contributed by atoms with van der Waals surface area (Å²) < 4.78 is 0. The molecule has 28 heavy (non-hydrogen) atoms. The van der Waals surface area contributed by atoms with Crippen LogP contribution in [0.25, 0.3) is 0 Å². The van der Waals surface area contributed by atoms with Gasteiger partial charge >= 0.3 is 30.2 Å². The number of halogens is 2. The summed E-state index contributed by atoms with van der Waals surface area (Å²) in [5.41, 5.74) is 5.87. The van der Waals surface area contributed by atoms with Gasteiger partial charge in [-0.1, -0.05) is 67.2 Å². The van der Waals surface area contributed by atoms with E-state index in [-0.39, 0.29) is 39.7 Å². The van der Waals surface area contributed by atoms with Gasteiger partial charge in [-0.05, 0) is 11.8 Å². The van der Waals surface area contributed by atoms with Crippen LogP contribution in [0.15, 0.2) is 34.4 Å². The van der Waals surface area contributed by atoms with Gasteiger partial charge in [0, 0.05) is 0 Å². The summed E-state index contributed by atoms with van der Waals surface area (Å²) in [6, 6.07) is 0. The molecule has 4 heteroatoms. The molecule has 0 fully saturated rings. The third kappa shape index (κ3) is 14.6. The van der Waals surface area contributed by atoms with Gasteiger partial charge in [0.15, 0.2) is 0 Å². The minimum absolute atomic E-state index is 0. The topological polar surface area (TPSA) is 0 Å². The molecule has 166 valence electrons. The number of hydrogen-bond acceptors (Lipinski definition) is 0. The van der Waals surface area contributed by atoms with Crippen molar-refractivity contribution in [3.63, 3.8) is 0 Å². The van der Waals surface area contributed by atoms with Gasteiger partial charge < -0.3 is 14.9 Å². The summed E-state index contributed by atoms with van der Waals surface area (Å²) in [4.78, 5) is 0. The molecule has 0 spiro atoms. The zero-order chi connectivity index (χ0) is 18.9. The second kappa shape index (κ2) is 20.9. The van der Waals surface area contributed by atoms with Crippen LogP contribution < -0.4 is 0 Å². The fourth-order valence-electron chi connectivity index (χ4n) is 2.50. The predicted octanol–water partition coefficient (Wildman–Crippen LogP) is 7.54. The van der Waals surface area contributed by atoms with Gasteiger partial charge in [0.05, 0.1) is 0 Å². The Morgan fingerprint density at radius 1 is 0.643 bits per heavy atom. The summed E-state index contributed by atoms with van der Waals surface area (Å²) in [5, 5.41) is 0. The molecule has 2 rings (SSSR count). The van der Waals surface area contributed by atoms with Gasteiger partial charge in [0.2, 0.25) is 0 Å². The van der Waals surface area contributed by atoms with Crippen molar-refractivity contribution < 1.29 is 23.3 Å². The van der Waals surface area contributed by atoms with Crippen LogP contribution in [-0.4, -0.2) is 6.88 Å². The first-order valence-corrected chi connectivity index (χ1v) is 15.1. The average Bonchev–Trinajstić information content (AvgIpc) is 3.19. The van der Waals surface area contributed by atoms with Crippen molar-refractivity contribution in [2.24, 2.45) is 23.7 Å². The van der Waals surface area contributed by atoms with E-state index < -0.39 is 0 Å². The molecule has 0 aromatic rings. The third-order valence-electron chi connectivity index (χ3n) is 4.40. The predicted molar refractivity (Wildman–Crippen MR) is 134 cm³/mol. The van der Waals surface area contributed by atoms with E-state index in [1.165, 1.54) is 22.3 Å². The molecule has 0 N–H and O–H groups in total. The molecule has 0 heterocycles. The van der Waals surface area contributed by atoms with E-state index in [0.29, 0.717) is 23.7 Å². The first-order valence-electron chi connectivity index (χ1n) is 9.20. The Morgan fingerprint density at radius 2 is 0.893 bits per heavy atom. The Bertz CT molecular complexity index is 467. The second-order valence-electron chi connectivity index (χ2n) is 7.68. The minimum atomic E-state index is 0. The normalized spacial score (nSPS) is 14.0.